The van der Waals surface area contributed by atoms with Gasteiger partial charge < -0.3 is 5.32 Å². The minimum absolute atomic E-state index is 0.0954. The Hall–Kier alpha value is -1.90. The van der Waals surface area contributed by atoms with Gasteiger partial charge in [0.1, 0.15) is 10.7 Å². The molecule has 0 amide bonds. The van der Waals surface area contributed by atoms with Crippen molar-refractivity contribution in [1.82, 2.24) is 15.0 Å². The Morgan fingerprint density at radius 3 is 2.69 bits per heavy atom. The van der Waals surface area contributed by atoms with Gasteiger partial charge in [-0.3, -0.25) is 4.98 Å². The molecule has 1 aliphatic carbocycles. The summed E-state index contributed by atoms with van der Waals surface area (Å²) in [5.74, 6) is -0.859. The number of pyridine rings is 1. The van der Waals surface area contributed by atoms with Crippen LogP contribution in [0.5, 0.6) is 0 Å². The number of aromatic nitrogens is 1. The summed E-state index contributed by atoms with van der Waals surface area (Å²) in [6.45, 7) is 1.83. The first-order chi connectivity index (χ1) is 13.8. The van der Waals surface area contributed by atoms with Crippen molar-refractivity contribution in [1.29, 1.82) is 0 Å². The number of likely N-dealkylation sites (N-methyl/N-ethyl adjacent to an activating group) is 1. The number of sulfonamides is 1. The van der Waals surface area contributed by atoms with Crippen molar-refractivity contribution < 1.29 is 12.8 Å². The van der Waals surface area contributed by atoms with Crippen molar-refractivity contribution in [2.75, 3.05) is 7.05 Å². The Morgan fingerprint density at radius 1 is 1.28 bits per heavy atom. The fourth-order valence-corrected chi connectivity index (χ4v) is 6.29. The molecular formula is C21H26FN3O2S2. The van der Waals surface area contributed by atoms with Crippen LogP contribution in [0.1, 0.15) is 38.2 Å². The minimum Gasteiger partial charge on any atom is -0.382 e. The standard InChI is InChI=1S/C21H26FN3O2S2/c1-15(25-29(26,27)19-11-4-3-10-18(19)22)17-9-5-6-12-21(17,20(28)23-2)16-8-7-13-24-14-16/h3-4,7-8,10-11,13-15,17,25H,5-6,9,12H2,1-2H3,(H,23,28)/t15?,17-,21-/m1/s1. The summed E-state index contributed by atoms with van der Waals surface area (Å²) in [6.07, 6.45) is 7.08. The largest absolute Gasteiger partial charge is 0.382 e. The number of nitrogens with one attached hydrogen (secondary N) is 2. The Bertz CT molecular complexity index is 969. The topological polar surface area (TPSA) is 71.1 Å². The average Bonchev–Trinajstić information content (AvgIpc) is 2.73. The summed E-state index contributed by atoms with van der Waals surface area (Å²) in [6, 6.07) is 8.82. The highest BCUT2D eigenvalue weighted by molar-refractivity contribution is 7.89. The van der Waals surface area contributed by atoms with Gasteiger partial charge in [-0.25, -0.2) is 17.5 Å². The first-order valence-corrected chi connectivity index (χ1v) is 11.6. The second-order valence-electron chi connectivity index (χ2n) is 7.48. The lowest BCUT2D eigenvalue weighted by molar-refractivity contribution is 0.213. The van der Waals surface area contributed by atoms with Gasteiger partial charge in [-0.1, -0.05) is 43.3 Å². The molecule has 1 aromatic heterocycles. The highest BCUT2D eigenvalue weighted by atomic mass is 32.2. The molecule has 3 atom stereocenters. The van der Waals surface area contributed by atoms with Gasteiger partial charge in [0.2, 0.25) is 10.0 Å². The lowest BCUT2D eigenvalue weighted by Crippen LogP contribution is -2.56. The molecule has 1 heterocycles. The van der Waals surface area contributed by atoms with Crippen LogP contribution in [-0.4, -0.2) is 31.5 Å². The van der Waals surface area contributed by atoms with Crippen LogP contribution in [0.2, 0.25) is 0 Å². The second-order valence-corrected chi connectivity index (χ2v) is 9.58. The molecule has 0 bridgehead atoms. The van der Waals surface area contributed by atoms with E-state index in [2.05, 4.69) is 15.0 Å². The highest BCUT2D eigenvalue weighted by Gasteiger charge is 2.48. The number of halogens is 1. The van der Waals surface area contributed by atoms with E-state index in [1.54, 1.807) is 19.4 Å². The van der Waals surface area contributed by atoms with Gasteiger partial charge in [0, 0.05) is 25.5 Å². The highest BCUT2D eigenvalue weighted by Crippen LogP contribution is 2.46. The van der Waals surface area contributed by atoms with E-state index >= 15 is 0 Å². The molecule has 0 radical (unpaired) electrons. The van der Waals surface area contributed by atoms with Gasteiger partial charge in [0.05, 0.1) is 10.4 Å². The zero-order chi connectivity index (χ0) is 21.1. The molecule has 1 aromatic carbocycles. The smallest absolute Gasteiger partial charge is 0.243 e. The summed E-state index contributed by atoms with van der Waals surface area (Å²) in [7, 11) is -2.22. The van der Waals surface area contributed by atoms with Crippen molar-refractivity contribution in [2.24, 2.45) is 5.92 Å². The molecule has 0 spiro atoms. The van der Waals surface area contributed by atoms with E-state index in [4.69, 9.17) is 12.2 Å². The molecular weight excluding hydrogens is 409 g/mol. The van der Waals surface area contributed by atoms with Crippen molar-refractivity contribution in [3.05, 3.63) is 60.2 Å². The monoisotopic (exact) mass is 435 g/mol. The summed E-state index contributed by atoms with van der Waals surface area (Å²) in [4.78, 5) is 4.60. The van der Waals surface area contributed by atoms with Crippen LogP contribution in [0.3, 0.4) is 0 Å². The van der Waals surface area contributed by atoms with Crippen molar-refractivity contribution >= 4 is 27.2 Å². The maximum atomic E-state index is 14.1. The number of hydrogen-bond donors (Lipinski definition) is 2. The van der Waals surface area contributed by atoms with Crippen LogP contribution in [0.15, 0.2) is 53.7 Å². The molecule has 3 rings (SSSR count). The second kappa shape index (κ2) is 8.85. The average molecular weight is 436 g/mol. The van der Waals surface area contributed by atoms with Crippen LogP contribution in [0.25, 0.3) is 0 Å². The number of benzene rings is 1. The third kappa shape index (κ3) is 4.20. The molecule has 5 nitrogen and oxygen atoms in total. The van der Waals surface area contributed by atoms with E-state index in [1.165, 1.54) is 18.2 Å². The van der Waals surface area contributed by atoms with Crippen molar-refractivity contribution in [2.45, 2.75) is 49.0 Å². The fourth-order valence-electron chi connectivity index (χ4n) is 4.55. The summed E-state index contributed by atoms with van der Waals surface area (Å²) in [5.41, 5.74) is 0.439. The molecule has 29 heavy (non-hydrogen) atoms. The third-order valence-electron chi connectivity index (χ3n) is 5.85. The summed E-state index contributed by atoms with van der Waals surface area (Å²) >= 11 is 5.75. The van der Waals surface area contributed by atoms with Crippen LogP contribution < -0.4 is 10.0 Å². The van der Waals surface area contributed by atoms with Crippen LogP contribution in [0.4, 0.5) is 4.39 Å². The maximum absolute atomic E-state index is 14.1. The van der Waals surface area contributed by atoms with Gasteiger partial charge in [-0.2, -0.15) is 0 Å². The predicted molar refractivity (Wildman–Crippen MR) is 116 cm³/mol. The number of rotatable bonds is 6. The third-order valence-corrected chi connectivity index (χ3v) is 8.01. The molecule has 1 saturated carbocycles. The Kier molecular flexibility index (Phi) is 6.65. The molecule has 1 fully saturated rings. The minimum atomic E-state index is -4.01. The first kappa shape index (κ1) is 21.8. The van der Waals surface area contributed by atoms with E-state index in [9.17, 15) is 12.8 Å². The van der Waals surface area contributed by atoms with Crippen molar-refractivity contribution in [3.63, 3.8) is 0 Å². The zero-order valence-corrected chi connectivity index (χ0v) is 18.2. The fraction of sp³-hybridized carbons (Fsp3) is 0.429. The van der Waals surface area contributed by atoms with Crippen LogP contribution in [-0.2, 0) is 15.4 Å². The van der Waals surface area contributed by atoms with Crippen LogP contribution >= 0.6 is 12.2 Å². The maximum Gasteiger partial charge on any atom is 0.243 e. The zero-order valence-electron chi connectivity index (χ0n) is 16.6. The predicted octanol–water partition coefficient (Wildman–Crippen LogP) is 3.56. The van der Waals surface area contributed by atoms with Crippen molar-refractivity contribution in [3.8, 4) is 0 Å². The Balaban J connectivity index is 2.00. The number of thiocarbonyl (C=S) groups is 1. The molecule has 1 unspecified atom stereocenters. The van der Waals surface area contributed by atoms with Gasteiger partial charge in [-0.05, 0) is 49.4 Å². The SMILES string of the molecule is CNC(=S)[C@@]1(c2cccnc2)CCCC[C@@H]1C(C)NS(=O)(=O)c1ccccc1F. The van der Waals surface area contributed by atoms with Gasteiger partial charge >= 0.3 is 0 Å². The molecule has 0 saturated heterocycles. The van der Waals surface area contributed by atoms with Gasteiger partial charge in [-0.15, -0.1) is 0 Å². The molecule has 1 aliphatic rings. The molecule has 0 aliphatic heterocycles. The molecule has 8 heteroatoms. The first-order valence-electron chi connectivity index (χ1n) is 9.72. The van der Waals surface area contributed by atoms with E-state index in [-0.39, 0.29) is 10.8 Å². The quantitative estimate of drug-likeness (QED) is 0.679. The van der Waals surface area contributed by atoms with Crippen LogP contribution in [0, 0.1) is 11.7 Å². The van der Waals surface area contributed by atoms with E-state index < -0.39 is 27.3 Å². The number of hydrogen-bond acceptors (Lipinski definition) is 4. The van der Waals surface area contributed by atoms with E-state index in [0.717, 1.165) is 37.3 Å². The van der Waals surface area contributed by atoms with E-state index in [1.807, 2.05) is 19.1 Å². The normalized spacial score (nSPS) is 23.3. The number of nitrogens with zero attached hydrogens (tertiary/aromatic N) is 1. The lowest BCUT2D eigenvalue weighted by Gasteiger charge is -2.47. The summed E-state index contributed by atoms with van der Waals surface area (Å²) in [5, 5.41) is 3.13. The summed E-state index contributed by atoms with van der Waals surface area (Å²) < 4.78 is 42.6. The molecule has 2 aromatic rings. The Labute approximate surface area is 177 Å². The molecule has 2 N–H and O–H groups in total. The van der Waals surface area contributed by atoms with Gasteiger partial charge in [0.15, 0.2) is 0 Å². The molecule has 156 valence electrons. The lowest BCUT2D eigenvalue weighted by atomic mass is 9.60. The van der Waals surface area contributed by atoms with Gasteiger partial charge in [0.25, 0.3) is 0 Å². The Morgan fingerprint density at radius 2 is 2.03 bits per heavy atom. The van der Waals surface area contributed by atoms with E-state index in [0.29, 0.717) is 4.99 Å².